The van der Waals surface area contributed by atoms with Crippen LogP contribution in [0.4, 0.5) is 0 Å². The highest BCUT2D eigenvalue weighted by Crippen LogP contribution is 2.34. The van der Waals surface area contributed by atoms with Gasteiger partial charge in [-0.15, -0.1) is 0 Å². The Bertz CT molecular complexity index is 2310. The Kier molecular flexibility index (Phi) is 9.60. The highest BCUT2D eigenvalue weighted by atomic mass is 15.1. The largest absolute Gasteiger partial charge is 0.217 e. The molecule has 0 radical (unpaired) electrons. The molecule has 9 heteroatoms. The van der Waals surface area contributed by atoms with E-state index >= 15 is 0 Å². The lowest BCUT2D eigenvalue weighted by molar-refractivity contribution is 0.697. The van der Waals surface area contributed by atoms with Gasteiger partial charge in [0.15, 0.2) is 29.1 Å². The van der Waals surface area contributed by atoms with Crippen LogP contribution in [0.15, 0.2) is 91.0 Å². The molecule has 0 aliphatic carbocycles. The number of nitrogens with zero attached hydrogens (tertiary/aromatic N) is 9. The van der Waals surface area contributed by atoms with Crippen LogP contribution in [0, 0.1) is 0 Å². The van der Waals surface area contributed by atoms with Crippen LogP contribution in [0.3, 0.4) is 0 Å². The zero-order chi connectivity index (χ0) is 36.5. The lowest BCUT2D eigenvalue weighted by Crippen LogP contribution is -2.08. The van der Waals surface area contributed by atoms with Gasteiger partial charge in [-0.2, -0.15) is 0 Å². The smallest absolute Gasteiger partial charge is 0.164 e. The second-order valence-corrected chi connectivity index (χ2v) is 14.4. The van der Waals surface area contributed by atoms with Crippen LogP contribution >= 0.6 is 0 Å². The molecule has 0 spiro atoms. The zero-order valence-corrected chi connectivity index (χ0v) is 31.0. The molecule has 0 aliphatic heterocycles. The molecular weight excluding hydrogens is 643 g/mol. The molecule has 0 N–H and O–H groups in total. The van der Waals surface area contributed by atoms with Crippen molar-refractivity contribution in [3.05, 3.63) is 114 Å². The molecule has 52 heavy (non-hydrogen) atoms. The lowest BCUT2D eigenvalue weighted by Gasteiger charge is -2.14. The summed E-state index contributed by atoms with van der Waals surface area (Å²) in [5.74, 6) is 6.85. The van der Waals surface area contributed by atoms with Crippen LogP contribution in [0.25, 0.3) is 67.7 Å². The number of rotatable bonds is 9. The van der Waals surface area contributed by atoms with Gasteiger partial charge in [-0.25, -0.2) is 44.9 Å². The van der Waals surface area contributed by atoms with Gasteiger partial charge in [0.1, 0.15) is 23.3 Å². The first-order valence-corrected chi connectivity index (χ1v) is 18.0. The Balaban J connectivity index is 1.39. The van der Waals surface area contributed by atoms with Crippen LogP contribution < -0.4 is 0 Å². The summed E-state index contributed by atoms with van der Waals surface area (Å²) in [6.45, 7) is 16.8. The van der Waals surface area contributed by atoms with E-state index < -0.39 is 0 Å². The Hall–Kier alpha value is -5.83. The van der Waals surface area contributed by atoms with Crippen LogP contribution in [0.1, 0.15) is 102 Å². The van der Waals surface area contributed by atoms with E-state index in [9.17, 15) is 0 Å². The molecule has 0 unspecified atom stereocenters. The van der Waals surface area contributed by atoms with Gasteiger partial charge in [-0.05, 0) is 22.9 Å². The van der Waals surface area contributed by atoms with E-state index in [2.05, 4.69) is 79.7 Å². The third-order valence-electron chi connectivity index (χ3n) is 8.84. The highest BCUT2D eigenvalue weighted by Gasteiger charge is 2.19. The first-order chi connectivity index (χ1) is 25.0. The summed E-state index contributed by atoms with van der Waals surface area (Å²) in [5.41, 5.74) is 4.41. The van der Waals surface area contributed by atoms with Gasteiger partial charge in [-0.3, -0.25) is 0 Å². The summed E-state index contributed by atoms with van der Waals surface area (Å²) in [6, 6.07) is 30.6. The predicted molar refractivity (Wildman–Crippen MR) is 208 cm³/mol. The van der Waals surface area contributed by atoms with Crippen molar-refractivity contribution in [2.45, 2.75) is 79.1 Å². The quantitative estimate of drug-likeness (QED) is 0.146. The third-order valence-corrected chi connectivity index (χ3v) is 8.84. The Morgan fingerprint density at radius 1 is 0.327 bits per heavy atom. The average molecular weight is 686 g/mol. The van der Waals surface area contributed by atoms with Crippen molar-refractivity contribution in [2.75, 3.05) is 0 Å². The van der Waals surface area contributed by atoms with E-state index in [1.807, 2.05) is 66.7 Å². The molecule has 0 bridgehead atoms. The molecule has 0 saturated heterocycles. The SMILES string of the molecule is CC(C)c1nc(-c2ccc(-c3nc(-c4ccccc4)nc(-c4cc(-c5nc(C(C)C)nc(C(C)C)n5)cc5ccccc45)n3)cc2)nc(C(C)C)n1. The van der Waals surface area contributed by atoms with Gasteiger partial charge >= 0.3 is 0 Å². The molecule has 0 aliphatic rings. The van der Waals surface area contributed by atoms with E-state index in [1.165, 1.54) is 0 Å². The molecule has 0 saturated carbocycles. The van der Waals surface area contributed by atoms with E-state index in [0.717, 1.165) is 61.9 Å². The van der Waals surface area contributed by atoms with Crippen molar-refractivity contribution in [1.29, 1.82) is 0 Å². The minimum Gasteiger partial charge on any atom is -0.217 e. The summed E-state index contributed by atoms with van der Waals surface area (Å²) in [7, 11) is 0. The van der Waals surface area contributed by atoms with Gasteiger partial charge in [0.2, 0.25) is 0 Å². The van der Waals surface area contributed by atoms with Crippen molar-refractivity contribution in [1.82, 2.24) is 44.9 Å². The van der Waals surface area contributed by atoms with E-state index in [4.69, 9.17) is 44.9 Å². The molecule has 0 atom stereocenters. The average Bonchev–Trinajstić information content (AvgIpc) is 3.17. The fourth-order valence-electron chi connectivity index (χ4n) is 5.84. The number of hydrogen-bond acceptors (Lipinski definition) is 9. The summed E-state index contributed by atoms with van der Waals surface area (Å²) < 4.78 is 0. The molecule has 7 rings (SSSR count). The van der Waals surface area contributed by atoms with Gasteiger partial charge < -0.3 is 0 Å². The minimum atomic E-state index is 0.157. The van der Waals surface area contributed by atoms with Crippen molar-refractivity contribution in [3.63, 3.8) is 0 Å². The monoisotopic (exact) mass is 685 g/mol. The lowest BCUT2D eigenvalue weighted by atomic mass is 9.99. The van der Waals surface area contributed by atoms with Crippen molar-refractivity contribution >= 4 is 10.8 Å². The summed E-state index contributed by atoms with van der Waals surface area (Å²) in [5, 5.41) is 2.07. The molecule has 0 fully saturated rings. The summed E-state index contributed by atoms with van der Waals surface area (Å²) in [4.78, 5) is 44.2. The maximum absolute atomic E-state index is 5.14. The Labute approximate surface area is 305 Å². The maximum Gasteiger partial charge on any atom is 0.164 e. The maximum atomic E-state index is 5.14. The molecule has 9 nitrogen and oxygen atoms in total. The van der Waals surface area contributed by atoms with Gasteiger partial charge in [0.25, 0.3) is 0 Å². The van der Waals surface area contributed by atoms with Crippen molar-refractivity contribution < 1.29 is 0 Å². The second kappa shape index (κ2) is 14.4. The molecule has 7 aromatic rings. The number of hydrogen-bond donors (Lipinski definition) is 0. The summed E-state index contributed by atoms with van der Waals surface area (Å²) >= 11 is 0. The molecule has 4 aromatic carbocycles. The zero-order valence-electron chi connectivity index (χ0n) is 31.0. The Morgan fingerprint density at radius 2 is 0.712 bits per heavy atom. The number of fused-ring (bicyclic) bond motifs is 1. The normalized spacial score (nSPS) is 11.8. The van der Waals surface area contributed by atoms with Crippen LogP contribution in [-0.4, -0.2) is 44.9 Å². The molecule has 3 heterocycles. The second-order valence-electron chi connectivity index (χ2n) is 14.4. The predicted octanol–water partition coefficient (Wildman–Crippen LogP) is 10.2. The van der Waals surface area contributed by atoms with E-state index in [0.29, 0.717) is 29.1 Å². The van der Waals surface area contributed by atoms with Gasteiger partial charge in [0, 0.05) is 51.5 Å². The van der Waals surface area contributed by atoms with Gasteiger partial charge in [0.05, 0.1) is 0 Å². The first-order valence-electron chi connectivity index (χ1n) is 18.0. The van der Waals surface area contributed by atoms with Crippen LogP contribution in [0.2, 0.25) is 0 Å². The first kappa shape index (κ1) is 34.6. The van der Waals surface area contributed by atoms with Crippen LogP contribution in [0.5, 0.6) is 0 Å². The fraction of sp³-hybridized carbons (Fsp3) is 0.279. The van der Waals surface area contributed by atoms with Gasteiger partial charge in [-0.1, -0.05) is 134 Å². The molecular formula is C43H43N9. The fourth-order valence-corrected chi connectivity index (χ4v) is 5.84. The molecule has 0 amide bonds. The van der Waals surface area contributed by atoms with E-state index in [1.54, 1.807) is 0 Å². The number of benzene rings is 4. The minimum absolute atomic E-state index is 0.157. The summed E-state index contributed by atoms with van der Waals surface area (Å²) in [6.07, 6.45) is 0. The molecule has 3 aromatic heterocycles. The van der Waals surface area contributed by atoms with Crippen LogP contribution in [-0.2, 0) is 0 Å². The Morgan fingerprint density at radius 3 is 1.19 bits per heavy atom. The topological polar surface area (TPSA) is 116 Å². The molecule has 260 valence electrons. The van der Waals surface area contributed by atoms with E-state index in [-0.39, 0.29) is 23.7 Å². The van der Waals surface area contributed by atoms with Crippen molar-refractivity contribution in [3.8, 4) is 56.9 Å². The highest BCUT2D eigenvalue weighted by molar-refractivity contribution is 5.98. The van der Waals surface area contributed by atoms with Crippen molar-refractivity contribution in [2.24, 2.45) is 0 Å². The number of aromatic nitrogens is 9. The standard InChI is InChI=1S/C43H43N9/c1-24(2)35-44-36(25(3)4)47-40(46-35)29-18-20-30(21-19-29)41-50-39(28-14-10-9-11-15-28)51-43(52-41)34-23-32(22-31-16-12-13-17-33(31)34)42-48-37(26(5)6)45-38(49-42)27(7)8/h9-27H,1-8H3. The third kappa shape index (κ3) is 7.17.